The van der Waals surface area contributed by atoms with Crippen molar-refractivity contribution in [1.82, 2.24) is 20.5 Å². The zero-order valence-electron chi connectivity index (χ0n) is 20.0. The number of halogens is 5. The van der Waals surface area contributed by atoms with Crippen LogP contribution in [-0.4, -0.2) is 28.4 Å². The van der Waals surface area contributed by atoms with Gasteiger partial charge in [0.25, 0.3) is 5.91 Å². The molecule has 4 N–H and O–H groups in total. The number of carbonyl (C=O) groups is 1. The summed E-state index contributed by atoms with van der Waals surface area (Å²) < 4.78 is 41.0. The Morgan fingerprint density at radius 2 is 1.62 bits per heavy atom. The maximum atomic E-state index is 13.1. The predicted molar refractivity (Wildman–Crippen MR) is 145 cm³/mol. The molecule has 0 aliphatic rings. The molecule has 0 bridgehead atoms. The third-order valence-corrected chi connectivity index (χ3v) is 5.97. The maximum Gasteiger partial charge on any atom is 0.416 e. The highest BCUT2D eigenvalue weighted by atomic mass is 35.5. The first-order chi connectivity index (χ1) is 18.6. The van der Waals surface area contributed by atoms with E-state index in [4.69, 9.17) is 29.0 Å². The molecule has 3 aromatic carbocycles. The van der Waals surface area contributed by atoms with Crippen molar-refractivity contribution in [2.75, 3.05) is 0 Å². The molecule has 0 saturated heterocycles. The molecule has 8 nitrogen and oxygen atoms in total. The van der Waals surface area contributed by atoms with Crippen molar-refractivity contribution in [3.05, 3.63) is 99.5 Å². The quantitative estimate of drug-likeness (QED) is 0.118. The highest BCUT2D eigenvalue weighted by Crippen LogP contribution is 2.33. The van der Waals surface area contributed by atoms with Crippen LogP contribution in [0.1, 0.15) is 21.5 Å². The largest absolute Gasteiger partial charge is 0.416 e. The summed E-state index contributed by atoms with van der Waals surface area (Å²) in [6, 6.07) is 18.2. The van der Waals surface area contributed by atoms with Crippen LogP contribution in [0.5, 0.6) is 0 Å². The number of hydrogen-bond donors (Lipinski definition) is 3. The number of benzene rings is 3. The van der Waals surface area contributed by atoms with E-state index in [2.05, 4.69) is 32.8 Å². The summed E-state index contributed by atoms with van der Waals surface area (Å²) in [6.07, 6.45) is -4.45. The van der Waals surface area contributed by atoms with Gasteiger partial charge in [-0.15, -0.1) is 5.10 Å². The van der Waals surface area contributed by atoms with Crippen LogP contribution in [0.15, 0.2) is 83.0 Å². The van der Waals surface area contributed by atoms with E-state index in [1.165, 1.54) is 12.1 Å². The Bertz CT molecular complexity index is 1510. The minimum absolute atomic E-state index is 0.0783. The lowest BCUT2D eigenvalue weighted by atomic mass is 10.1. The number of nitrogens with zero attached hydrogens (tertiary/aromatic N) is 4. The number of carbonyl (C=O) groups excluding carboxylic acids is 1. The van der Waals surface area contributed by atoms with Crippen LogP contribution in [-0.2, 0) is 12.7 Å². The molecule has 4 rings (SSSR count). The van der Waals surface area contributed by atoms with E-state index in [0.717, 1.165) is 17.7 Å². The van der Waals surface area contributed by atoms with Crippen LogP contribution in [0.2, 0.25) is 10.0 Å². The van der Waals surface area contributed by atoms with Gasteiger partial charge in [-0.3, -0.25) is 20.2 Å². The first-order valence-electron chi connectivity index (χ1n) is 11.2. The molecule has 4 aromatic rings. The SMILES string of the molecule is C=N/N=C(\NN)NC(=O)c1ccc(Cn2nc(-c3cc(Cl)cc(Cl)c3)cc2-c2ccc(C(F)(F)F)cc2)cc1. The minimum Gasteiger partial charge on any atom is -0.293 e. The molecular weight excluding hydrogens is 554 g/mol. The molecule has 0 unspecified atom stereocenters. The van der Waals surface area contributed by atoms with Crippen molar-refractivity contribution < 1.29 is 18.0 Å². The van der Waals surface area contributed by atoms with Crippen molar-refractivity contribution >= 4 is 41.8 Å². The molecule has 1 amide bonds. The second-order valence-electron chi connectivity index (χ2n) is 8.19. The van der Waals surface area contributed by atoms with Gasteiger partial charge in [-0.1, -0.05) is 47.5 Å². The minimum atomic E-state index is -4.45. The van der Waals surface area contributed by atoms with Gasteiger partial charge in [-0.2, -0.15) is 23.4 Å². The van der Waals surface area contributed by atoms with E-state index in [0.29, 0.717) is 38.1 Å². The monoisotopic (exact) mass is 573 g/mol. The molecule has 0 fully saturated rings. The fraction of sp³-hybridized carbons (Fsp3) is 0.0769. The molecule has 0 radical (unpaired) electrons. The maximum absolute atomic E-state index is 13.1. The van der Waals surface area contributed by atoms with Crippen LogP contribution < -0.4 is 16.6 Å². The van der Waals surface area contributed by atoms with Crippen LogP contribution in [0.3, 0.4) is 0 Å². The van der Waals surface area contributed by atoms with Crippen molar-refractivity contribution in [2.45, 2.75) is 12.7 Å². The zero-order valence-corrected chi connectivity index (χ0v) is 21.5. The molecule has 1 aromatic heterocycles. The van der Waals surface area contributed by atoms with Gasteiger partial charge in [0.15, 0.2) is 0 Å². The zero-order chi connectivity index (χ0) is 28.2. The van der Waals surface area contributed by atoms with E-state index in [1.54, 1.807) is 53.2 Å². The van der Waals surface area contributed by atoms with Crippen molar-refractivity contribution in [1.29, 1.82) is 0 Å². The summed E-state index contributed by atoms with van der Waals surface area (Å²) in [5.41, 5.74) is 4.82. The number of nitrogens with two attached hydrogens (primary N) is 1. The Morgan fingerprint density at radius 1 is 0.974 bits per heavy atom. The van der Waals surface area contributed by atoms with Gasteiger partial charge in [0, 0.05) is 27.9 Å². The Labute approximate surface area is 230 Å². The Morgan fingerprint density at radius 3 is 2.18 bits per heavy atom. The highest BCUT2D eigenvalue weighted by Gasteiger charge is 2.30. The molecular formula is C26H20Cl2F3N7O. The summed E-state index contributed by atoms with van der Waals surface area (Å²) in [5.74, 6) is 4.73. The second kappa shape index (κ2) is 11.7. The van der Waals surface area contributed by atoms with Gasteiger partial charge >= 0.3 is 6.18 Å². The molecule has 0 aliphatic heterocycles. The molecule has 1 heterocycles. The van der Waals surface area contributed by atoms with Gasteiger partial charge < -0.3 is 0 Å². The first kappa shape index (κ1) is 27.8. The number of guanidine groups is 1. The number of nitrogens with one attached hydrogen (secondary N) is 2. The number of alkyl halides is 3. The number of hydrazine groups is 1. The fourth-order valence-corrected chi connectivity index (χ4v) is 4.24. The highest BCUT2D eigenvalue weighted by molar-refractivity contribution is 6.35. The lowest BCUT2D eigenvalue weighted by Crippen LogP contribution is -2.44. The molecule has 13 heteroatoms. The second-order valence-corrected chi connectivity index (χ2v) is 9.06. The normalized spacial score (nSPS) is 11.8. The average Bonchev–Trinajstić information content (AvgIpc) is 3.31. The third-order valence-electron chi connectivity index (χ3n) is 5.53. The van der Waals surface area contributed by atoms with Crippen LogP contribution >= 0.6 is 23.2 Å². The van der Waals surface area contributed by atoms with Crippen molar-refractivity contribution in [2.24, 2.45) is 16.0 Å². The van der Waals surface area contributed by atoms with Gasteiger partial charge in [-0.05, 0) is 59.7 Å². The number of amides is 1. The predicted octanol–water partition coefficient (Wildman–Crippen LogP) is 5.76. The Kier molecular flexibility index (Phi) is 8.34. The third kappa shape index (κ3) is 6.82. The standard InChI is InChI=1S/C26H20Cl2F3N7O/c1-33-36-25(35-32)34-24(39)17-4-2-15(3-5-17)14-38-23(16-6-8-19(9-7-16)26(29,30)31)13-22(37-38)18-10-20(27)12-21(28)11-18/h2-13H,1,14,32H2,(H2,34,35,36,39). The summed E-state index contributed by atoms with van der Waals surface area (Å²) in [7, 11) is 0. The summed E-state index contributed by atoms with van der Waals surface area (Å²) in [6.45, 7) is 3.45. The molecule has 0 spiro atoms. The van der Waals surface area contributed by atoms with Crippen LogP contribution in [0, 0.1) is 0 Å². The summed E-state index contributed by atoms with van der Waals surface area (Å²) >= 11 is 12.3. The van der Waals surface area contributed by atoms with Crippen molar-refractivity contribution in [3.63, 3.8) is 0 Å². The first-order valence-corrected chi connectivity index (χ1v) is 12.0. The smallest absolute Gasteiger partial charge is 0.293 e. The molecule has 0 atom stereocenters. The van der Waals surface area contributed by atoms with Crippen LogP contribution in [0.25, 0.3) is 22.5 Å². The fourth-order valence-electron chi connectivity index (χ4n) is 3.72. The van der Waals surface area contributed by atoms with Gasteiger partial charge in [0.2, 0.25) is 5.96 Å². The van der Waals surface area contributed by atoms with E-state index in [-0.39, 0.29) is 12.5 Å². The lowest BCUT2D eigenvalue weighted by Gasteiger charge is -2.11. The Hall–Kier alpha value is -4.19. The summed E-state index contributed by atoms with van der Waals surface area (Å²) in [4.78, 5) is 12.4. The Balaban J connectivity index is 1.67. The van der Waals surface area contributed by atoms with Crippen molar-refractivity contribution in [3.8, 4) is 22.5 Å². The molecule has 200 valence electrons. The molecule has 0 aliphatic carbocycles. The average molecular weight is 574 g/mol. The molecule has 39 heavy (non-hydrogen) atoms. The van der Waals surface area contributed by atoms with E-state index in [1.807, 2.05) is 0 Å². The molecule has 0 saturated carbocycles. The van der Waals surface area contributed by atoms with E-state index < -0.39 is 17.6 Å². The summed E-state index contributed by atoms with van der Waals surface area (Å²) in [5, 5.41) is 14.8. The number of hydrogen-bond acceptors (Lipinski definition) is 5. The van der Waals surface area contributed by atoms with Gasteiger partial charge in [-0.25, -0.2) is 5.84 Å². The number of aromatic nitrogens is 2. The van der Waals surface area contributed by atoms with E-state index in [9.17, 15) is 18.0 Å². The van der Waals surface area contributed by atoms with Crippen LogP contribution in [0.4, 0.5) is 13.2 Å². The van der Waals surface area contributed by atoms with Gasteiger partial charge in [0.1, 0.15) is 0 Å². The lowest BCUT2D eigenvalue weighted by molar-refractivity contribution is -0.137. The van der Waals surface area contributed by atoms with Gasteiger partial charge in [0.05, 0.1) is 23.5 Å². The number of rotatable bonds is 6. The van der Waals surface area contributed by atoms with E-state index >= 15 is 0 Å². The topological polar surface area (TPSA) is 110 Å².